The van der Waals surface area contributed by atoms with Gasteiger partial charge in [-0.25, -0.2) is 0 Å². The third kappa shape index (κ3) is 11.2. The average molecular weight is 491 g/mol. The summed E-state index contributed by atoms with van der Waals surface area (Å²) in [5.74, 6) is -1.47. The molecule has 3 amide bonds. The summed E-state index contributed by atoms with van der Waals surface area (Å²) >= 11 is 0. The minimum atomic E-state index is -1.04. The van der Waals surface area contributed by atoms with Crippen LogP contribution in [0.1, 0.15) is 67.4 Å². The molecule has 0 aliphatic rings. The molecule has 4 atom stereocenters. The maximum atomic E-state index is 12.8. The topological polar surface area (TPSA) is 134 Å². The molecule has 198 valence electrons. The predicted molar refractivity (Wildman–Crippen MR) is 139 cm³/mol. The summed E-state index contributed by atoms with van der Waals surface area (Å²) in [7, 11) is 0. The number of hydrogen-bond donors (Lipinski definition) is 5. The Morgan fingerprint density at radius 3 is 2.03 bits per heavy atom. The number of rotatable bonds is 11. The Morgan fingerprint density at radius 1 is 0.971 bits per heavy atom. The van der Waals surface area contributed by atoms with Gasteiger partial charge in [-0.2, -0.15) is 0 Å². The highest BCUT2D eigenvalue weighted by molar-refractivity contribution is 5.86. The van der Waals surface area contributed by atoms with Crippen LogP contribution in [0.4, 0.5) is 0 Å². The standard InChI is InChI=1S/C27H46N4O4/c1-17(2)23(28)25(35)30-20(14-18-12-10-9-11-13-18)21(32)16-29-22(33)15-19(26(3,4)5)24(34)31-27(6,7)8/h9-13,17,19-21,23,32H,14-16,28H2,1-8H3,(H,29,33)(H,30,35)(H,31,34)/t19-,20-,21+,23-/m0/s1. The lowest BCUT2D eigenvalue weighted by Crippen LogP contribution is -2.54. The molecule has 35 heavy (non-hydrogen) atoms. The van der Waals surface area contributed by atoms with E-state index in [4.69, 9.17) is 5.73 Å². The van der Waals surface area contributed by atoms with Gasteiger partial charge in [-0.05, 0) is 44.1 Å². The third-order valence-corrected chi connectivity index (χ3v) is 5.87. The smallest absolute Gasteiger partial charge is 0.237 e. The van der Waals surface area contributed by atoms with Gasteiger partial charge < -0.3 is 26.8 Å². The SMILES string of the molecule is CC(C)[C@H](N)C(=O)N[C@@H](Cc1ccccc1)[C@H](O)CNC(=O)C[C@@H](C(=O)NC(C)(C)C)C(C)(C)C. The van der Waals surface area contributed by atoms with Gasteiger partial charge in [-0.15, -0.1) is 0 Å². The summed E-state index contributed by atoms with van der Waals surface area (Å²) in [6.45, 7) is 15.1. The molecule has 0 bridgehead atoms. The second-order valence-corrected chi connectivity index (χ2v) is 11.8. The number of amides is 3. The fraction of sp³-hybridized carbons (Fsp3) is 0.667. The van der Waals surface area contributed by atoms with Crippen LogP contribution in [0.3, 0.4) is 0 Å². The number of aliphatic hydroxyl groups is 1. The van der Waals surface area contributed by atoms with E-state index in [2.05, 4.69) is 16.0 Å². The van der Waals surface area contributed by atoms with Gasteiger partial charge in [0.1, 0.15) is 0 Å². The molecular formula is C27H46N4O4. The summed E-state index contributed by atoms with van der Waals surface area (Å²) in [4.78, 5) is 38.2. The lowest BCUT2D eigenvalue weighted by molar-refractivity contribution is -0.135. The summed E-state index contributed by atoms with van der Waals surface area (Å²) in [5, 5.41) is 19.4. The molecule has 0 saturated heterocycles. The fourth-order valence-electron chi connectivity index (χ4n) is 3.60. The number of nitrogens with one attached hydrogen (secondary N) is 3. The van der Waals surface area contributed by atoms with Gasteiger partial charge in [0, 0.05) is 18.5 Å². The Labute approximate surface area is 210 Å². The summed E-state index contributed by atoms with van der Waals surface area (Å²) in [5.41, 5.74) is 6.09. The lowest BCUT2D eigenvalue weighted by atomic mass is 9.77. The van der Waals surface area contributed by atoms with Crippen molar-refractivity contribution in [3.63, 3.8) is 0 Å². The molecule has 0 radical (unpaired) electrons. The number of carbonyl (C=O) groups excluding carboxylic acids is 3. The zero-order valence-electron chi connectivity index (χ0n) is 22.6. The Bertz CT molecular complexity index is 828. The second kappa shape index (κ2) is 13.0. The zero-order valence-corrected chi connectivity index (χ0v) is 22.6. The molecule has 0 unspecified atom stereocenters. The minimum Gasteiger partial charge on any atom is -0.389 e. The molecule has 0 spiro atoms. The van der Waals surface area contributed by atoms with Gasteiger partial charge in [-0.1, -0.05) is 65.0 Å². The van der Waals surface area contributed by atoms with Crippen molar-refractivity contribution in [1.82, 2.24) is 16.0 Å². The molecule has 0 saturated carbocycles. The average Bonchev–Trinajstić information content (AvgIpc) is 2.73. The fourth-order valence-corrected chi connectivity index (χ4v) is 3.60. The van der Waals surface area contributed by atoms with E-state index >= 15 is 0 Å². The number of nitrogens with two attached hydrogens (primary N) is 1. The molecule has 8 heteroatoms. The van der Waals surface area contributed by atoms with Gasteiger partial charge in [-0.3, -0.25) is 14.4 Å². The molecule has 1 aromatic rings. The molecule has 0 aliphatic carbocycles. The molecule has 8 nitrogen and oxygen atoms in total. The van der Waals surface area contributed by atoms with Gasteiger partial charge >= 0.3 is 0 Å². The van der Waals surface area contributed by atoms with Crippen LogP contribution in [0.15, 0.2) is 30.3 Å². The number of aliphatic hydroxyl groups excluding tert-OH is 1. The van der Waals surface area contributed by atoms with Gasteiger partial charge in [0.25, 0.3) is 0 Å². The van der Waals surface area contributed by atoms with Crippen molar-refractivity contribution in [3.05, 3.63) is 35.9 Å². The van der Waals surface area contributed by atoms with Crippen LogP contribution >= 0.6 is 0 Å². The monoisotopic (exact) mass is 490 g/mol. The maximum Gasteiger partial charge on any atom is 0.237 e. The highest BCUT2D eigenvalue weighted by atomic mass is 16.3. The van der Waals surface area contributed by atoms with Crippen LogP contribution < -0.4 is 21.7 Å². The lowest BCUT2D eigenvalue weighted by Gasteiger charge is -2.32. The molecule has 6 N–H and O–H groups in total. The van der Waals surface area contributed by atoms with Crippen molar-refractivity contribution in [2.45, 2.75) is 92.0 Å². The van der Waals surface area contributed by atoms with Gasteiger partial charge in [0.05, 0.1) is 24.1 Å². The van der Waals surface area contributed by atoms with E-state index in [1.807, 2.05) is 85.7 Å². The minimum absolute atomic E-state index is 0.00787. The van der Waals surface area contributed by atoms with E-state index in [0.717, 1.165) is 5.56 Å². The van der Waals surface area contributed by atoms with Crippen LogP contribution in [0.25, 0.3) is 0 Å². The molecule has 0 heterocycles. The van der Waals surface area contributed by atoms with Crippen molar-refractivity contribution < 1.29 is 19.5 Å². The first-order valence-electron chi connectivity index (χ1n) is 12.4. The first-order valence-corrected chi connectivity index (χ1v) is 12.4. The number of benzene rings is 1. The van der Waals surface area contributed by atoms with Crippen molar-refractivity contribution >= 4 is 17.7 Å². The summed E-state index contributed by atoms with van der Waals surface area (Å²) in [6, 6.07) is 8.14. The van der Waals surface area contributed by atoms with E-state index in [9.17, 15) is 19.5 Å². The largest absolute Gasteiger partial charge is 0.389 e. The third-order valence-electron chi connectivity index (χ3n) is 5.87. The molecule has 0 aromatic heterocycles. The first-order chi connectivity index (χ1) is 16.0. The predicted octanol–water partition coefficient (Wildman–Crippen LogP) is 2.14. The summed E-state index contributed by atoms with van der Waals surface area (Å²) < 4.78 is 0. The van der Waals surface area contributed by atoms with Crippen LogP contribution in [0.2, 0.25) is 0 Å². The Hall–Kier alpha value is -2.45. The Balaban J connectivity index is 2.88. The van der Waals surface area contributed by atoms with E-state index in [1.54, 1.807) is 0 Å². The van der Waals surface area contributed by atoms with Crippen molar-refractivity contribution in [2.24, 2.45) is 23.0 Å². The maximum absolute atomic E-state index is 12.8. The van der Waals surface area contributed by atoms with Crippen LogP contribution in [0.5, 0.6) is 0 Å². The molecule has 1 rings (SSSR count). The highest BCUT2D eigenvalue weighted by Gasteiger charge is 2.35. The van der Waals surface area contributed by atoms with Gasteiger partial charge in [0.2, 0.25) is 17.7 Å². The second-order valence-electron chi connectivity index (χ2n) is 11.8. The van der Waals surface area contributed by atoms with E-state index < -0.39 is 35.1 Å². The number of hydrogen-bond acceptors (Lipinski definition) is 5. The van der Waals surface area contributed by atoms with Gasteiger partial charge in [0.15, 0.2) is 0 Å². The van der Waals surface area contributed by atoms with Crippen molar-refractivity contribution in [3.8, 4) is 0 Å². The molecule has 0 fully saturated rings. The van der Waals surface area contributed by atoms with Crippen molar-refractivity contribution in [2.75, 3.05) is 6.54 Å². The van der Waals surface area contributed by atoms with Crippen LogP contribution in [-0.4, -0.2) is 53.1 Å². The molecule has 1 aromatic carbocycles. The molecule has 0 aliphatic heterocycles. The van der Waals surface area contributed by atoms with Crippen LogP contribution in [0, 0.1) is 17.3 Å². The van der Waals surface area contributed by atoms with Crippen molar-refractivity contribution in [1.29, 1.82) is 0 Å². The normalized spacial score (nSPS) is 15.6. The first kappa shape index (κ1) is 30.6. The molecular weight excluding hydrogens is 444 g/mol. The number of carbonyl (C=O) groups is 3. The summed E-state index contributed by atoms with van der Waals surface area (Å²) in [6.07, 6.45) is -0.669. The van der Waals surface area contributed by atoms with E-state index in [0.29, 0.717) is 6.42 Å². The Morgan fingerprint density at radius 2 is 1.54 bits per heavy atom. The van der Waals surface area contributed by atoms with E-state index in [-0.39, 0.29) is 36.6 Å². The Kier molecular flexibility index (Phi) is 11.4. The van der Waals surface area contributed by atoms with Crippen LogP contribution in [-0.2, 0) is 20.8 Å². The van der Waals surface area contributed by atoms with E-state index in [1.165, 1.54) is 0 Å². The zero-order chi connectivity index (χ0) is 27.0. The highest BCUT2D eigenvalue weighted by Crippen LogP contribution is 2.29. The quantitative estimate of drug-likeness (QED) is 0.324.